The molecule has 0 aliphatic rings. The van der Waals surface area contributed by atoms with E-state index in [1.807, 2.05) is 36.5 Å². The number of nitrogens with one attached hydrogen (secondary N) is 2. The summed E-state index contributed by atoms with van der Waals surface area (Å²) in [5.41, 5.74) is 1.66. The monoisotopic (exact) mass is 272 g/mol. The molecule has 0 saturated carbocycles. The number of carbonyl (C=O) groups is 1. The average molecular weight is 272 g/mol. The average Bonchev–Trinajstić information content (AvgIpc) is 2.92. The lowest BCUT2D eigenvalue weighted by molar-refractivity contribution is 0.251. The standard InChI is InChI=1S/C15H20N4O/c1-12(2)7-9-16-15(20)18-13-5-3-6-14(11-13)19-10-4-8-17-19/h3-6,8,10-12H,7,9H2,1-2H3,(H2,16,18,20). The molecule has 0 bridgehead atoms. The first-order valence-electron chi connectivity index (χ1n) is 6.80. The Kier molecular flexibility index (Phi) is 4.76. The van der Waals surface area contributed by atoms with Crippen molar-refractivity contribution in [3.8, 4) is 5.69 Å². The largest absolute Gasteiger partial charge is 0.338 e. The van der Waals surface area contributed by atoms with Gasteiger partial charge in [-0.25, -0.2) is 9.48 Å². The lowest BCUT2D eigenvalue weighted by atomic mass is 10.1. The number of carbonyl (C=O) groups excluding carboxylic acids is 1. The van der Waals surface area contributed by atoms with Crippen molar-refractivity contribution in [2.75, 3.05) is 11.9 Å². The highest BCUT2D eigenvalue weighted by atomic mass is 16.2. The van der Waals surface area contributed by atoms with Gasteiger partial charge >= 0.3 is 6.03 Å². The SMILES string of the molecule is CC(C)CCNC(=O)Nc1cccc(-n2cccn2)c1. The van der Waals surface area contributed by atoms with E-state index in [-0.39, 0.29) is 6.03 Å². The number of amides is 2. The summed E-state index contributed by atoms with van der Waals surface area (Å²) in [5, 5.41) is 9.84. The van der Waals surface area contributed by atoms with Gasteiger partial charge < -0.3 is 10.6 Å². The van der Waals surface area contributed by atoms with Crippen molar-refractivity contribution in [2.45, 2.75) is 20.3 Å². The molecule has 2 N–H and O–H groups in total. The van der Waals surface area contributed by atoms with Crippen LogP contribution in [0, 0.1) is 5.92 Å². The van der Waals surface area contributed by atoms with E-state index in [1.54, 1.807) is 10.9 Å². The fraction of sp³-hybridized carbons (Fsp3) is 0.333. The number of nitrogens with zero attached hydrogens (tertiary/aromatic N) is 2. The summed E-state index contributed by atoms with van der Waals surface area (Å²) in [6.45, 7) is 4.95. The Labute approximate surface area is 119 Å². The number of hydrogen-bond donors (Lipinski definition) is 2. The van der Waals surface area contributed by atoms with E-state index in [2.05, 4.69) is 29.6 Å². The van der Waals surface area contributed by atoms with Crippen LogP contribution in [0.3, 0.4) is 0 Å². The molecule has 0 saturated heterocycles. The van der Waals surface area contributed by atoms with Crippen molar-refractivity contribution in [2.24, 2.45) is 5.92 Å². The Balaban J connectivity index is 1.93. The molecule has 0 spiro atoms. The molecular formula is C15H20N4O. The highest BCUT2D eigenvalue weighted by Crippen LogP contribution is 2.13. The first kappa shape index (κ1) is 14.1. The fourth-order valence-corrected chi connectivity index (χ4v) is 1.80. The van der Waals surface area contributed by atoms with Crippen LogP contribution in [0.5, 0.6) is 0 Å². The minimum Gasteiger partial charge on any atom is -0.338 e. The van der Waals surface area contributed by atoms with Crippen molar-refractivity contribution in [1.82, 2.24) is 15.1 Å². The number of rotatable bonds is 5. The van der Waals surface area contributed by atoms with Gasteiger partial charge in [0.1, 0.15) is 0 Å². The molecule has 0 atom stereocenters. The Bertz CT molecular complexity index is 549. The summed E-state index contributed by atoms with van der Waals surface area (Å²) < 4.78 is 1.75. The maximum atomic E-state index is 11.7. The van der Waals surface area contributed by atoms with Crippen molar-refractivity contribution in [3.63, 3.8) is 0 Å². The van der Waals surface area contributed by atoms with Crippen LogP contribution in [0.2, 0.25) is 0 Å². The maximum absolute atomic E-state index is 11.7. The second-order valence-corrected chi connectivity index (χ2v) is 5.06. The van der Waals surface area contributed by atoms with E-state index < -0.39 is 0 Å². The minimum absolute atomic E-state index is 0.178. The number of urea groups is 1. The summed E-state index contributed by atoms with van der Waals surface area (Å²) in [6, 6.07) is 9.25. The maximum Gasteiger partial charge on any atom is 0.319 e. The molecule has 0 unspecified atom stereocenters. The summed E-state index contributed by atoms with van der Waals surface area (Å²) >= 11 is 0. The van der Waals surface area contributed by atoms with Gasteiger partial charge in [0.15, 0.2) is 0 Å². The predicted octanol–water partition coefficient (Wildman–Crippen LogP) is 3.04. The van der Waals surface area contributed by atoms with Crippen LogP contribution >= 0.6 is 0 Å². The Hall–Kier alpha value is -2.30. The van der Waals surface area contributed by atoms with Gasteiger partial charge in [0.2, 0.25) is 0 Å². The zero-order chi connectivity index (χ0) is 14.4. The molecule has 0 radical (unpaired) electrons. The second kappa shape index (κ2) is 6.75. The van der Waals surface area contributed by atoms with Gasteiger partial charge in [0, 0.05) is 24.6 Å². The van der Waals surface area contributed by atoms with E-state index in [4.69, 9.17) is 0 Å². The van der Waals surface area contributed by atoms with Gasteiger partial charge in [-0.05, 0) is 36.6 Å². The van der Waals surface area contributed by atoms with E-state index in [9.17, 15) is 4.79 Å². The fourth-order valence-electron chi connectivity index (χ4n) is 1.80. The number of benzene rings is 1. The van der Waals surface area contributed by atoms with Crippen molar-refractivity contribution in [1.29, 1.82) is 0 Å². The zero-order valence-corrected chi connectivity index (χ0v) is 11.8. The number of hydrogen-bond acceptors (Lipinski definition) is 2. The lowest BCUT2D eigenvalue weighted by Gasteiger charge is -2.10. The number of aromatic nitrogens is 2. The van der Waals surface area contributed by atoms with E-state index in [0.29, 0.717) is 12.5 Å². The summed E-state index contributed by atoms with van der Waals surface area (Å²) in [5.74, 6) is 0.582. The second-order valence-electron chi connectivity index (χ2n) is 5.06. The molecule has 2 amide bonds. The van der Waals surface area contributed by atoms with E-state index >= 15 is 0 Å². The molecule has 0 fully saturated rings. The molecule has 5 nitrogen and oxygen atoms in total. The predicted molar refractivity (Wildman–Crippen MR) is 80.0 cm³/mol. The van der Waals surface area contributed by atoms with Gasteiger partial charge in [0.05, 0.1) is 5.69 Å². The third-order valence-electron chi connectivity index (χ3n) is 2.88. The van der Waals surface area contributed by atoms with Crippen molar-refractivity contribution < 1.29 is 4.79 Å². The molecule has 0 aliphatic carbocycles. The van der Waals surface area contributed by atoms with Crippen LogP contribution in [0.25, 0.3) is 5.69 Å². The van der Waals surface area contributed by atoms with Crippen LogP contribution < -0.4 is 10.6 Å². The molecule has 1 heterocycles. The number of anilines is 1. The Morgan fingerprint density at radius 2 is 2.20 bits per heavy atom. The summed E-state index contributed by atoms with van der Waals surface area (Å²) in [7, 11) is 0. The van der Waals surface area contributed by atoms with Gasteiger partial charge in [0.25, 0.3) is 0 Å². The first-order valence-corrected chi connectivity index (χ1v) is 6.80. The van der Waals surface area contributed by atoms with Gasteiger partial charge in [-0.1, -0.05) is 19.9 Å². The van der Waals surface area contributed by atoms with Crippen LogP contribution in [0.15, 0.2) is 42.7 Å². The van der Waals surface area contributed by atoms with Crippen molar-refractivity contribution >= 4 is 11.7 Å². The highest BCUT2D eigenvalue weighted by molar-refractivity contribution is 5.89. The van der Waals surface area contributed by atoms with Gasteiger partial charge in [-0.3, -0.25) is 0 Å². The Morgan fingerprint density at radius 1 is 1.35 bits per heavy atom. The first-order chi connectivity index (χ1) is 9.65. The lowest BCUT2D eigenvalue weighted by Crippen LogP contribution is -2.30. The smallest absolute Gasteiger partial charge is 0.319 e. The molecule has 1 aromatic heterocycles. The Morgan fingerprint density at radius 3 is 2.90 bits per heavy atom. The van der Waals surface area contributed by atoms with Crippen LogP contribution in [-0.2, 0) is 0 Å². The molecule has 2 aromatic rings. The zero-order valence-electron chi connectivity index (χ0n) is 11.8. The molecular weight excluding hydrogens is 252 g/mol. The van der Waals surface area contributed by atoms with Crippen LogP contribution in [-0.4, -0.2) is 22.4 Å². The summed E-state index contributed by atoms with van der Waals surface area (Å²) in [4.78, 5) is 11.7. The third kappa shape index (κ3) is 4.12. The van der Waals surface area contributed by atoms with Gasteiger partial charge in [-0.15, -0.1) is 0 Å². The topological polar surface area (TPSA) is 59.0 Å². The minimum atomic E-state index is -0.178. The summed E-state index contributed by atoms with van der Waals surface area (Å²) in [6.07, 6.45) is 4.56. The van der Waals surface area contributed by atoms with Gasteiger partial charge in [-0.2, -0.15) is 5.10 Å². The molecule has 1 aromatic carbocycles. The van der Waals surface area contributed by atoms with Crippen LogP contribution in [0.1, 0.15) is 20.3 Å². The third-order valence-corrected chi connectivity index (χ3v) is 2.88. The van der Waals surface area contributed by atoms with Crippen LogP contribution in [0.4, 0.5) is 10.5 Å². The molecule has 0 aliphatic heterocycles. The highest BCUT2D eigenvalue weighted by Gasteiger charge is 2.03. The van der Waals surface area contributed by atoms with Crippen molar-refractivity contribution in [3.05, 3.63) is 42.7 Å². The van der Waals surface area contributed by atoms with E-state index in [1.165, 1.54) is 0 Å². The quantitative estimate of drug-likeness (QED) is 0.879. The molecule has 2 rings (SSSR count). The normalized spacial score (nSPS) is 10.6. The molecule has 20 heavy (non-hydrogen) atoms. The van der Waals surface area contributed by atoms with E-state index in [0.717, 1.165) is 17.8 Å². The molecule has 106 valence electrons. The molecule has 5 heteroatoms.